The van der Waals surface area contributed by atoms with Crippen molar-refractivity contribution in [1.29, 1.82) is 0 Å². The molecule has 0 atom stereocenters. The van der Waals surface area contributed by atoms with Gasteiger partial charge in [0.2, 0.25) is 5.91 Å². The Morgan fingerprint density at radius 2 is 1.88 bits per heavy atom. The summed E-state index contributed by atoms with van der Waals surface area (Å²) in [5, 5.41) is 1.52. The van der Waals surface area contributed by atoms with Gasteiger partial charge in [-0.25, -0.2) is 4.98 Å². The van der Waals surface area contributed by atoms with Gasteiger partial charge >= 0.3 is 0 Å². The van der Waals surface area contributed by atoms with Gasteiger partial charge < -0.3 is 9.64 Å². The fourth-order valence-electron chi connectivity index (χ4n) is 3.88. The zero-order chi connectivity index (χ0) is 23.2. The number of carbonyl (C=O) groups excluding carboxylic acids is 1. The van der Waals surface area contributed by atoms with Gasteiger partial charge in [-0.15, -0.1) is 0 Å². The van der Waals surface area contributed by atoms with E-state index in [-0.39, 0.29) is 17.2 Å². The molecule has 0 saturated carbocycles. The average molecular weight is 487 g/mol. The molecule has 0 bridgehead atoms. The number of fused-ring (bicyclic) bond motifs is 1. The van der Waals surface area contributed by atoms with Crippen LogP contribution in [0.25, 0.3) is 10.9 Å². The van der Waals surface area contributed by atoms with Gasteiger partial charge in [0.1, 0.15) is 0 Å². The maximum absolute atomic E-state index is 13.0. The summed E-state index contributed by atoms with van der Waals surface area (Å²) in [6.45, 7) is 4.73. The molecule has 3 aromatic rings. The highest BCUT2D eigenvalue weighted by atomic mass is 35.5. The summed E-state index contributed by atoms with van der Waals surface area (Å²) in [6.07, 6.45) is 0. The summed E-state index contributed by atoms with van der Waals surface area (Å²) in [5.74, 6) is 0.280. The number of carbonyl (C=O) groups is 1. The monoisotopic (exact) mass is 486 g/mol. The first kappa shape index (κ1) is 23.8. The summed E-state index contributed by atoms with van der Waals surface area (Å²) in [7, 11) is 1.59. The fourth-order valence-corrected chi connectivity index (χ4v) is 4.97. The Bertz CT molecular complexity index is 1160. The predicted molar refractivity (Wildman–Crippen MR) is 132 cm³/mol. The Hall–Kier alpha value is -2.39. The number of ether oxygens (including phenoxy) is 1. The Labute approximate surface area is 202 Å². The van der Waals surface area contributed by atoms with Gasteiger partial charge in [0.25, 0.3) is 5.56 Å². The molecule has 0 N–H and O–H groups in total. The average Bonchev–Trinajstić information content (AvgIpc) is 2.83. The highest BCUT2D eigenvalue weighted by Gasteiger charge is 2.22. The molecule has 2 aromatic carbocycles. The molecule has 33 heavy (non-hydrogen) atoms. The minimum atomic E-state index is -0.154. The van der Waals surface area contributed by atoms with Crippen LogP contribution < -0.4 is 5.56 Å². The van der Waals surface area contributed by atoms with Gasteiger partial charge in [-0.05, 0) is 23.8 Å². The number of aromatic nitrogens is 2. The first-order chi connectivity index (χ1) is 16.0. The highest BCUT2D eigenvalue weighted by Crippen LogP contribution is 2.21. The zero-order valence-corrected chi connectivity index (χ0v) is 20.1. The van der Waals surface area contributed by atoms with Crippen molar-refractivity contribution in [3.05, 3.63) is 69.5 Å². The Balaban J connectivity index is 1.40. The van der Waals surface area contributed by atoms with E-state index in [1.165, 1.54) is 17.3 Å². The molecular weight excluding hydrogens is 460 g/mol. The van der Waals surface area contributed by atoms with Crippen molar-refractivity contribution in [2.24, 2.45) is 0 Å². The molecule has 7 nitrogen and oxygen atoms in total. The third kappa shape index (κ3) is 5.95. The van der Waals surface area contributed by atoms with Crippen LogP contribution in [0.2, 0.25) is 5.02 Å². The van der Waals surface area contributed by atoms with Crippen molar-refractivity contribution in [1.82, 2.24) is 19.4 Å². The van der Waals surface area contributed by atoms with Crippen molar-refractivity contribution in [3.63, 3.8) is 0 Å². The van der Waals surface area contributed by atoms with Crippen LogP contribution in [-0.2, 0) is 22.6 Å². The molecule has 174 valence electrons. The maximum Gasteiger partial charge on any atom is 0.262 e. The van der Waals surface area contributed by atoms with Crippen LogP contribution in [0.1, 0.15) is 5.56 Å². The Morgan fingerprint density at radius 1 is 1.12 bits per heavy atom. The van der Waals surface area contributed by atoms with E-state index in [9.17, 15) is 9.59 Å². The van der Waals surface area contributed by atoms with E-state index in [0.717, 1.165) is 19.6 Å². The zero-order valence-electron chi connectivity index (χ0n) is 18.6. The highest BCUT2D eigenvalue weighted by molar-refractivity contribution is 7.99. The molecule has 0 aliphatic carbocycles. The van der Waals surface area contributed by atoms with E-state index >= 15 is 0 Å². The third-order valence-corrected chi connectivity index (χ3v) is 6.90. The number of halogens is 1. The van der Waals surface area contributed by atoms with Crippen LogP contribution in [-0.4, -0.2) is 70.9 Å². The van der Waals surface area contributed by atoms with Crippen LogP contribution in [0.3, 0.4) is 0 Å². The molecule has 4 rings (SSSR count). The smallest absolute Gasteiger partial charge is 0.262 e. The van der Waals surface area contributed by atoms with Crippen molar-refractivity contribution >= 4 is 40.2 Å². The minimum Gasteiger partial charge on any atom is -0.383 e. The van der Waals surface area contributed by atoms with Crippen molar-refractivity contribution in [2.75, 3.05) is 45.6 Å². The number of piperazine rings is 1. The lowest BCUT2D eigenvalue weighted by molar-refractivity contribution is -0.130. The standard InChI is InChI=1S/C24H27ClN4O3S/c1-32-14-13-29-23(31)20-8-7-19(25)15-21(20)26-24(29)33-17-22(30)28-11-9-27(10-12-28)16-18-5-3-2-4-6-18/h2-8,15H,9-14,16-17H2,1H3. The van der Waals surface area contributed by atoms with E-state index in [1.807, 2.05) is 23.1 Å². The van der Waals surface area contributed by atoms with Crippen LogP contribution in [0, 0.1) is 0 Å². The largest absolute Gasteiger partial charge is 0.383 e. The lowest BCUT2D eigenvalue weighted by Gasteiger charge is -2.34. The van der Waals surface area contributed by atoms with Gasteiger partial charge in [0.15, 0.2) is 5.16 Å². The van der Waals surface area contributed by atoms with E-state index in [0.29, 0.717) is 47.3 Å². The SMILES string of the molecule is COCCn1c(SCC(=O)N2CCN(Cc3ccccc3)CC2)nc2cc(Cl)ccc2c1=O. The molecular formula is C24H27ClN4O3S. The number of hydrogen-bond donors (Lipinski definition) is 0. The first-order valence-corrected chi connectivity index (χ1v) is 12.3. The molecule has 0 radical (unpaired) electrons. The summed E-state index contributed by atoms with van der Waals surface area (Å²) in [5.41, 5.74) is 1.66. The van der Waals surface area contributed by atoms with Crippen LogP contribution >= 0.6 is 23.4 Å². The van der Waals surface area contributed by atoms with Crippen LogP contribution in [0.4, 0.5) is 0 Å². The fraction of sp³-hybridized carbons (Fsp3) is 0.375. The molecule has 1 aliphatic rings. The molecule has 9 heteroatoms. The molecule has 1 aliphatic heterocycles. The number of rotatable bonds is 8. The second-order valence-electron chi connectivity index (χ2n) is 7.94. The lowest BCUT2D eigenvalue weighted by Crippen LogP contribution is -2.48. The molecule has 1 amide bonds. The van der Waals surface area contributed by atoms with Gasteiger partial charge in [0.05, 0.1) is 29.8 Å². The number of hydrogen-bond acceptors (Lipinski definition) is 6. The maximum atomic E-state index is 13.0. The number of methoxy groups -OCH3 is 1. The molecule has 2 heterocycles. The second kappa shape index (κ2) is 11.2. The van der Waals surface area contributed by atoms with Crippen LogP contribution in [0.5, 0.6) is 0 Å². The Kier molecular flexibility index (Phi) is 8.03. The minimum absolute atomic E-state index is 0.0538. The molecule has 1 aromatic heterocycles. The number of amides is 1. The molecule has 1 saturated heterocycles. The number of benzene rings is 2. The van der Waals surface area contributed by atoms with Crippen molar-refractivity contribution < 1.29 is 9.53 Å². The van der Waals surface area contributed by atoms with Gasteiger partial charge in [-0.1, -0.05) is 53.7 Å². The quantitative estimate of drug-likeness (QED) is 0.360. The number of thioether (sulfide) groups is 1. The van der Waals surface area contributed by atoms with E-state index in [1.54, 1.807) is 29.9 Å². The third-order valence-electron chi connectivity index (χ3n) is 5.70. The molecule has 1 fully saturated rings. The summed E-state index contributed by atoms with van der Waals surface area (Å²) in [6, 6.07) is 15.4. The topological polar surface area (TPSA) is 67.7 Å². The van der Waals surface area contributed by atoms with E-state index < -0.39 is 0 Å². The lowest BCUT2D eigenvalue weighted by atomic mass is 10.2. The van der Waals surface area contributed by atoms with Crippen molar-refractivity contribution in [3.8, 4) is 0 Å². The van der Waals surface area contributed by atoms with E-state index in [2.05, 4.69) is 22.0 Å². The summed E-state index contributed by atoms with van der Waals surface area (Å²) >= 11 is 7.38. The first-order valence-electron chi connectivity index (χ1n) is 10.9. The summed E-state index contributed by atoms with van der Waals surface area (Å²) < 4.78 is 6.74. The van der Waals surface area contributed by atoms with E-state index in [4.69, 9.17) is 16.3 Å². The normalized spacial score (nSPS) is 14.7. The van der Waals surface area contributed by atoms with Gasteiger partial charge in [0, 0.05) is 44.9 Å². The van der Waals surface area contributed by atoms with Crippen LogP contribution in [0.15, 0.2) is 58.5 Å². The van der Waals surface area contributed by atoms with Crippen molar-refractivity contribution in [2.45, 2.75) is 18.2 Å². The Morgan fingerprint density at radius 3 is 2.61 bits per heavy atom. The summed E-state index contributed by atoms with van der Waals surface area (Å²) in [4.78, 5) is 34.8. The van der Waals surface area contributed by atoms with Gasteiger partial charge in [-0.2, -0.15) is 0 Å². The van der Waals surface area contributed by atoms with Gasteiger partial charge in [-0.3, -0.25) is 19.1 Å². The number of nitrogens with zero attached hydrogens (tertiary/aromatic N) is 4. The molecule has 0 spiro atoms. The second-order valence-corrected chi connectivity index (χ2v) is 9.32. The predicted octanol–water partition coefficient (Wildman–Crippen LogP) is 3.13. The molecule has 0 unspecified atom stereocenters.